The van der Waals surface area contributed by atoms with E-state index in [1.54, 1.807) is 23.6 Å². The van der Waals surface area contributed by atoms with Crippen molar-refractivity contribution in [3.8, 4) is 11.3 Å². The molecular weight excluding hydrogens is 325 g/mol. The Labute approximate surface area is 142 Å². The van der Waals surface area contributed by atoms with Crippen LogP contribution in [0.15, 0.2) is 66.1 Å². The van der Waals surface area contributed by atoms with Crippen LogP contribution in [0.2, 0.25) is 0 Å². The van der Waals surface area contributed by atoms with E-state index in [4.69, 9.17) is 5.84 Å². The Bertz CT molecular complexity index is 859. The summed E-state index contributed by atoms with van der Waals surface area (Å²) in [7, 11) is 0. The number of hydrogen-bond donors (Lipinski definition) is 1. The molecule has 24 heavy (non-hydrogen) atoms. The molecule has 1 amide bonds. The summed E-state index contributed by atoms with van der Waals surface area (Å²) >= 11 is 1.25. The zero-order chi connectivity index (χ0) is 16.9. The highest BCUT2D eigenvalue weighted by molar-refractivity contribution is 7.14. The maximum absolute atomic E-state index is 13.0. The summed E-state index contributed by atoms with van der Waals surface area (Å²) in [6.45, 7) is 0. The Morgan fingerprint density at radius 1 is 1.12 bits per heavy atom. The Hall–Kier alpha value is -2.83. The third-order valence-electron chi connectivity index (χ3n) is 3.29. The number of carbonyl (C=O) groups excluding carboxylic acids is 1. The van der Waals surface area contributed by atoms with Crippen molar-refractivity contribution in [3.63, 3.8) is 0 Å². The first-order chi connectivity index (χ1) is 11.6. The van der Waals surface area contributed by atoms with Gasteiger partial charge in [0.25, 0.3) is 5.91 Å². The molecule has 0 aliphatic rings. The molecule has 0 fully saturated rings. The third kappa shape index (κ3) is 3.73. The van der Waals surface area contributed by atoms with Crippen LogP contribution in [0.4, 0.5) is 9.52 Å². The molecule has 0 aliphatic carbocycles. The number of benzene rings is 2. The Morgan fingerprint density at radius 2 is 1.83 bits per heavy atom. The van der Waals surface area contributed by atoms with Gasteiger partial charge in [-0.1, -0.05) is 30.3 Å². The minimum Gasteiger partial charge on any atom is -0.268 e. The van der Waals surface area contributed by atoms with Gasteiger partial charge in [-0.2, -0.15) is 0 Å². The zero-order valence-electron chi connectivity index (χ0n) is 12.6. The highest BCUT2D eigenvalue weighted by Crippen LogP contribution is 2.26. The topological polar surface area (TPSA) is 59.2 Å². The first-order valence-corrected chi connectivity index (χ1v) is 8.05. The van der Waals surface area contributed by atoms with Gasteiger partial charge in [0, 0.05) is 17.0 Å². The summed E-state index contributed by atoms with van der Waals surface area (Å²) in [6, 6.07) is 15.4. The molecule has 3 aromatic rings. The van der Waals surface area contributed by atoms with Crippen molar-refractivity contribution >= 4 is 28.5 Å². The number of hydrazine groups is 1. The molecule has 0 spiro atoms. The molecule has 4 nitrogen and oxygen atoms in total. The molecule has 0 saturated heterocycles. The fourth-order valence-corrected chi connectivity index (χ4v) is 2.79. The van der Waals surface area contributed by atoms with Crippen LogP contribution in [0.3, 0.4) is 0 Å². The highest BCUT2D eigenvalue weighted by Gasteiger charge is 2.14. The monoisotopic (exact) mass is 339 g/mol. The molecule has 0 saturated carbocycles. The predicted molar refractivity (Wildman–Crippen MR) is 94.7 cm³/mol. The smallest absolute Gasteiger partial charge is 0.267 e. The number of halogens is 1. The van der Waals surface area contributed by atoms with Crippen molar-refractivity contribution in [1.82, 2.24) is 4.98 Å². The van der Waals surface area contributed by atoms with Gasteiger partial charge in [-0.15, -0.1) is 11.3 Å². The largest absolute Gasteiger partial charge is 0.268 e. The predicted octanol–water partition coefficient (Wildman–Crippen LogP) is 3.87. The van der Waals surface area contributed by atoms with E-state index in [9.17, 15) is 9.18 Å². The number of thiazole rings is 1. The van der Waals surface area contributed by atoms with Crippen molar-refractivity contribution in [1.29, 1.82) is 0 Å². The van der Waals surface area contributed by atoms with Gasteiger partial charge in [-0.3, -0.25) is 4.79 Å². The van der Waals surface area contributed by atoms with Gasteiger partial charge in [0.1, 0.15) is 5.82 Å². The molecule has 0 unspecified atom stereocenters. The SMILES string of the molecule is NN(C(=O)C=Cc1ccccc1)c1nc(-c2ccc(F)cc2)cs1. The minimum atomic E-state index is -0.376. The summed E-state index contributed by atoms with van der Waals surface area (Å²) in [5.74, 6) is 5.15. The molecule has 0 aliphatic heterocycles. The maximum atomic E-state index is 13.0. The van der Waals surface area contributed by atoms with E-state index < -0.39 is 0 Å². The van der Waals surface area contributed by atoms with Crippen LogP contribution in [0.25, 0.3) is 17.3 Å². The Balaban J connectivity index is 1.73. The van der Waals surface area contributed by atoms with Gasteiger partial charge >= 0.3 is 0 Å². The fraction of sp³-hybridized carbons (Fsp3) is 0. The molecule has 120 valence electrons. The average Bonchev–Trinajstić information content (AvgIpc) is 3.10. The summed E-state index contributed by atoms with van der Waals surface area (Å²) in [5, 5.41) is 3.14. The molecule has 3 rings (SSSR count). The standard InChI is InChI=1S/C18H14FN3OS/c19-15-9-7-14(8-10-15)16-12-24-18(21-16)22(20)17(23)11-6-13-4-2-1-3-5-13/h1-12H,20H2. The van der Waals surface area contributed by atoms with Crippen LogP contribution in [0.5, 0.6) is 0 Å². The quantitative estimate of drug-likeness (QED) is 0.340. The minimum absolute atomic E-state index is 0.309. The van der Waals surface area contributed by atoms with Gasteiger partial charge in [0.15, 0.2) is 0 Å². The van der Waals surface area contributed by atoms with Crippen LogP contribution < -0.4 is 10.9 Å². The van der Waals surface area contributed by atoms with Crippen molar-refractivity contribution in [2.24, 2.45) is 5.84 Å². The highest BCUT2D eigenvalue weighted by atomic mass is 32.1. The second-order valence-corrected chi connectivity index (χ2v) is 5.81. The number of aromatic nitrogens is 1. The molecule has 0 bridgehead atoms. The van der Waals surface area contributed by atoms with E-state index >= 15 is 0 Å². The number of hydrogen-bond acceptors (Lipinski definition) is 4. The number of carbonyl (C=O) groups is 1. The molecule has 1 aromatic heterocycles. The number of nitrogens with two attached hydrogens (primary N) is 1. The van der Waals surface area contributed by atoms with Crippen LogP contribution in [-0.4, -0.2) is 10.9 Å². The third-order valence-corrected chi connectivity index (χ3v) is 4.13. The van der Waals surface area contributed by atoms with Gasteiger partial charge in [0.05, 0.1) is 5.69 Å². The lowest BCUT2D eigenvalue weighted by molar-refractivity contribution is -0.114. The molecule has 0 radical (unpaired) electrons. The average molecular weight is 339 g/mol. The summed E-state index contributed by atoms with van der Waals surface area (Å²) in [5.41, 5.74) is 2.32. The van der Waals surface area contributed by atoms with Crippen molar-refractivity contribution in [3.05, 3.63) is 77.4 Å². The lowest BCUT2D eigenvalue weighted by atomic mass is 10.2. The number of nitrogens with zero attached hydrogens (tertiary/aromatic N) is 2. The van der Waals surface area contributed by atoms with E-state index in [1.807, 2.05) is 30.3 Å². The lowest BCUT2D eigenvalue weighted by Crippen LogP contribution is -2.36. The first kappa shape index (κ1) is 16.0. The number of rotatable bonds is 4. The van der Waals surface area contributed by atoms with Crippen LogP contribution in [0, 0.1) is 5.82 Å². The number of anilines is 1. The van der Waals surface area contributed by atoms with Gasteiger partial charge < -0.3 is 0 Å². The normalized spacial score (nSPS) is 10.9. The number of amides is 1. The van der Waals surface area contributed by atoms with Crippen molar-refractivity contribution in [2.45, 2.75) is 0 Å². The first-order valence-electron chi connectivity index (χ1n) is 7.17. The maximum Gasteiger partial charge on any atom is 0.267 e. The molecule has 6 heteroatoms. The molecule has 0 atom stereocenters. The summed E-state index contributed by atoms with van der Waals surface area (Å²) in [4.78, 5) is 16.5. The van der Waals surface area contributed by atoms with Crippen molar-refractivity contribution < 1.29 is 9.18 Å². The second-order valence-electron chi connectivity index (χ2n) is 4.97. The van der Waals surface area contributed by atoms with E-state index in [-0.39, 0.29) is 11.7 Å². The fourth-order valence-electron chi connectivity index (χ4n) is 2.03. The molecular formula is C18H14FN3OS. The summed E-state index contributed by atoms with van der Waals surface area (Å²) in [6.07, 6.45) is 3.09. The van der Waals surface area contributed by atoms with E-state index in [1.165, 1.54) is 29.5 Å². The molecule has 2 N–H and O–H groups in total. The van der Waals surface area contributed by atoms with Crippen LogP contribution >= 0.6 is 11.3 Å². The molecule has 2 aromatic carbocycles. The molecule has 1 heterocycles. The van der Waals surface area contributed by atoms with Gasteiger partial charge in [-0.25, -0.2) is 20.2 Å². The van der Waals surface area contributed by atoms with Crippen molar-refractivity contribution in [2.75, 3.05) is 5.01 Å². The van der Waals surface area contributed by atoms with Gasteiger partial charge in [0.2, 0.25) is 5.13 Å². The van der Waals surface area contributed by atoms with E-state index in [0.717, 1.165) is 16.1 Å². The van der Waals surface area contributed by atoms with E-state index in [0.29, 0.717) is 10.8 Å². The van der Waals surface area contributed by atoms with E-state index in [2.05, 4.69) is 4.98 Å². The lowest BCUT2D eigenvalue weighted by Gasteiger charge is -2.09. The summed E-state index contributed by atoms with van der Waals surface area (Å²) < 4.78 is 13.0. The Kier molecular flexibility index (Phi) is 4.79. The Morgan fingerprint density at radius 3 is 2.54 bits per heavy atom. The van der Waals surface area contributed by atoms with Crippen LogP contribution in [-0.2, 0) is 4.79 Å². The van der Waals surface area contributed by atoms with Gasteiger partial charge in [-0.05, 0) is 35.9 Å². The van der Waals surface area contributed by atoms with Crippen LogP contribution in [0.1, 0.15) is 5.56 Å². The zero-order valence-corrected chi connectivity index (χ0v) is 13.4. The second kappa shape index (κ2) is 7.16.